The van der Waals surface area contributed by atoms with E-state index in [4.69, 9.17) is 9.47 Å². The zero-order valence-corrected chi connectivity index (χ0v) is 12.8. The molecule has 1 saturated heterocycles. The van der Waals surface area contributed by atoms with E-state index in [-0.39, 0.29) is 30.6 Å². The van der Waals surface area contributed by atoms with Crippen LogP contribution in [0.2, 0.25) is 0 Å². The van der Waals surface area contributed by atoms with Crippen molar-refractivity contribution in [3.05, 3.63) is 23.8 Å². The van der Waals surface area contributed by atoms with Crippen molar-refractivity contribution < 1.29 is 19.1 Å². The Morgan fingerprint density at radius 2 is 2.18 bits per heavy atom. The van der Waals surface area contributed by atoms with Crippen molar-refractivity contribution in [1.29, 1.82) is 0 Å². The third-order valence-corrected chi connectivity index (χ3v) is 4.22. The molecule has 1 N–H and O–H groups in total. The molecule has 2 aliphatic heterocycles. The summed E-state index contributed by atoms with van der Waals surface area (Å²) in [5.74, 6) is 1.14. The number of rotatable bonds is 4. The molecule has 6 heteroatoms. The summed E-state index contributed by atoms with van der Waals surface area (Å²) >= 11 is 0. The van der Waals surface area contributed by atoms with Crippen LogP contribution in [0.3, 0.4) is 0 Å². The predicted molar refractivity (Wildman–Crippen MR) is 79.5 cm³/mol. The van der Waals surface area contributed by atoms with Crippen LogP contribution in [0, 0.1) is 5.92 Å². The lowest BCUT2D eigenvalue weighted by Crippen LogP contribution is -2.34. The molecule has 2 heterocycles. The number of nitrogens with one attached hydrogen (secondary N) is 1. The molecule has 0 aliphatic carbocycles. The maximum atomic E-state index is 12.3. The Morgan fingerprint density at radius 1 is 1.41 bits per heavy atom. The minimum Gasteiger partial charge on any atom is -0.454 e. The van der Waals surface area contributed by atoms with E-state index in [0.717, 1.165) is 11.3 Å². The first-order valence-corrected chi connectivity index (χ1v) is 7.56. The highest BCUT2D eigenvalue weighted by Gasteiger charge is 2.33. The van der Waals surface area contributed by atoms with Crippen LogP contribution in [-0.4, -0.2) is 36.6 Å². The zero-order chi connectivity index (χ0) is 15.7. The summed E-state index contributed by atoms with van der Waals surface area (Å²) in [5, 5.41) is 2.98. The molecule has 2 amide bonds. The van der Waals surface area contributed by atoms with Crippen molar-refractivity contribution in [3.63, 3.8) is 0 Å². The average molecular weight is 304 g/mol. The quantitative estimate of drug-likeness (QED) is 0.914. The Bertz CT molecular complexity index is 602. The maximum absolute atomic E-state index is 12.3. The molecule has 0 saturated carbocycles. The summed E-state index contributed by atoms with van der Waals surface area (Å²) in [6.07, 6.45) is 0.299. The monoisotopic (exact) mass is 304 g/mol. The van der Waals surface area contributed by atoms with Gasteiger partial charge in [-0.25, -0.2) is 0 Å². The van der Waals surface area contributed by atoms with Gasteiger partial charge in [0.1, 0.15) is 0 Å². The Labute approximate surface area is 129 Å². The molecule has 1 fully saturated rings. The molecule has 0 radical (unpaired) electrons. The highest BCUT2D eigenvalue weighted by atomic mass is 16.7. The second-order valence-electron chi connectivity index (χ2n) is 5.68. The van der Waals surface area contributed by atoms with Crippen molar-refractivity contribution in [3.8, 4) is 11.5 Å². The van der Waals surface area contributed by atoms with Gasteiger partial charge in [-0.3, -0.25) is 9.59 Å². The third-order valence-electron chi connectivity index (χ3n) is 4.22. The number of hydrogen-bond acceptors (Lipinski definition) is 4. The van der Waals surface area contributed by atoms with Gasteiger partial charge in [0.25, 0.3) is 0 Å². The second kappa shape index (κ2) is 5.87. The van der Waals surface area contributed by atoms with Gasteiger partial charge in [-0.15, -0.1) is 0 Å². The lowest BCUT2D eigenvalue weighted by molar-refractivity contribution is -0.129. The summed E-state index contributed by atoms with van der Waals surface area (Å²) in [6.45, 7) is 5.24. The van der Waals surface area contributed by atoms with E-state index in [1.807, 2.05) is 32.0 Å². The molecule has 118 valence electrons. The molecule has 2 unspecified atom stereocenters. The van der Waals surface area contributed by atoms with Crippen LogP contribution in [-0.2, 0) is 9.59 Å². The normalized spacial score (nSPS) is 21.1. The van der Waals surface area contributed by atoms with Gasteiger partial charge in [0.05, 0.1) is 12.0 Å². The molecule has 6 nitrogen and oxygen atoms in total. The van der Waals surface area contributed by atoms with Crippen LogP contribution >= 0.6 is 0 Å². The number of ether oxygens (including phenoxy) is 2. The number of benzene rings is 1. The first kappa shape index (κ1) is 14.7. The van der Waals surface area contributed by atoms with Crippen molar-refractivity contribution >= 4 is 11.8 Å². The number of carbonyl (C=O) groups excluding carboxylic acids is 2. The number of hydrogen-bond donors (Lipinski definition) is 1. The van der Waals surface area contributed by atoms with Gasteiger partial charge in [-0.1, -0.05) is 6.07 Å². The molecule has 1 aromatic rings. The van der Waals surface area contributed by atoms with Crippen molar-refractivity contribution in [2.24, 2.45) is 5.92 Å². The molecule has 2 atom stereocenters. The molecule has 2 aliphatic rings. The van der Waals surface area contributed by atoms with Gasteiger partial charge in [0.2, 0.25) is 18.6 Å². The topological polar surface area (TPSA) is 67.9 Å². The molecule has 1 aromatic carbocycles. The summed E-state index contributed by atoms with van der Waals surface area (Å²) in [7, 11) is 0. The van der Waals surface area contributed by atoms with Crippen LogP contribution in [0.25, 0.3) is 0 Å². The molecule has 0 aromatic heterocycles. The van der Waals surface area contributed by atoms with Crippen molar-refractivity contribution in [2.75, 3.05) is 19.9 Å². The van der Waals surface area contributed by atoms with Crippen LogP contribution in [0.1, 0.15) is 31.9 Å². The van der Waals surface area contributed by atoms with E-state index >= 15 is 0 Å². The van der Waals surface area contributed by atoms with Crippen LogP contribution < -0.4 is 14.8 Å². The number of fused-ring (bicyclic) bond motifs is 1. The van der Waals surface area contributed by atoms with E-state index in [9.17, 15) is 9.59 Å². The predicted octanol–water partition coefficient (Wildman–Crippen LogP) is 1.46. The van der Waals surface area contributed by atoms with Crippen molar-refractivity contribution in [2.45, 2.75) is 26.3 Å². The molecular formula is C16H20N2O4. The zero-order valence-electron chi connectivity index (χ0n) is 12.8. The fourth-order valence-corrected chi connectivity index (χ4v) is 2.85. The van der Waals surface area contributed by atoms with E-state index < -0.39 is 0 Å². The molecule has 0 bridgehead atoms. The summed E-state index contributed by atoms with van der Waals surface area (Å²) in [4.78, 5) is 25.8. The standard InChI is InChI=1S/C16H20N2O4/c1-3-18-8-12(7-15(18)19)16(20)17-10(2)11-4-5-13-14(6-11)22-9-21-13/h4-6,10,12H,3,7-9H2,1-2H3,(H,17,20). The Balaban J connectivity index is 1.63. The minimum absolute atomic E-state index is 0.0541. The van der Waals surface area contributed by atoms with Crippen LogP contribution in [0.5, 0.6) is 11.5 Å². The summed E-state index contributed by atoms with van der Waals surface area (Å²) in [6, 6.07) is 5.49. The summed E-state index contributed by atoms with van der Waals surface area (Å²) < 4.78 is 10.6. The first-order chi connectivity index (χ1) is 10.6. The highest BCUT2D eigenvalue weighted by Crippen LogP contribution is 2.34. The SMILES string of the molecule is CCN1CC(C(=O)NC(C)c2ccc3c(c2)OCO3)CC1=O. The minimum atomic E-state index is -0.260. The molecule has 3 rings (SSSR count). The Morgan fingerprint density at radius 3 is 2.91 bits per heavy atom. The Kier molecular flexibility index (Phi) is 3.92. The van der Waals surface area contributed by atoms with Gasteiger partial charge in [0.15, 0.2) is 11.5 Å². The maximum Gasteiger partial charge on any atom is 0.231 e. The van der Waals surface area contributed by atoms with E-state index in [1.165, 1.54) is 0 Å². The van der Waals surface area contributed by atoms with Gasteiger partial charge >= 0.3 is 0 Å². The number of nitrogens with zero attached hydrogens (tertiary/aromatic N) is 1. The Hall–Kier alpha value is -2.24. The van der Waals surface area contributed by atoms with E-state index in [2.05, 4.69) is 5.32 Å². The lowest BCUT2D eigenvalue weighted by Gasteiger charge is -2.18. The number of carbonyl (C=O) groups is 2. The fraction of sp³-hybridized carbons (Fsp3) is 0.500. The fourth-order valence-electron chi connectivity index (χ4n) is 2.85. The lowest BCUT2D eigenvalue weighted by atomic mass is 10.0. The highest BCUT2D eigenvalue weighted by molar-refractivity contribution is 5.89. The summed E-state index contributed by atoms with van der Waals surface area (Å²) in [5.41, 5.74) is 0.953. The van der Waals surface area contributed by atoms with Crippen LogP contribution in [0.4, 0.5) is 0 Å². The van der Waals surface area contributed by atoms with Gasteiger partial charge in [-0.2, -0.15) is 0 Å². The molecule has 22 heavy (non-hydrogen) atoms. The van der Waals surface area contributed by atoms with Gasteiger partial charge in [-0.05, 0) is 31.5 Å². The van der Waals surface area contributed by atoms with Gasteiger partial charge < -0.3 is 19.7 Å². The largest absolute Gasteiger partial charge is 0.454 e. The van der Waals surface area contributed by atoms with E-state index in [1.54, 1.807) is 4.90 Å². The van der Waals surface area contributed by atoms with E-state index in [0.29, 0.717) is 25.3 Å². The number of likely N-dealkylation sites (tertiary alicyclic amines) is 1. The van der Waals surface area contributed by atoms with Crippen LogP contribution in [0.15, 0.2) is 18.2 Å². The molecular weight excluding hydrogens is 284 g/mol. The van der Waals surface area contributed by atoms with Crippen molar-refractivity contribution in [1.82, 2.24) is 10.2 Å². The third kappa shape index (κ3) is 2.73. The second-order valence-corrected chi connectivity index (χ2v) is 5.68. The number of amides is 2. The smallest absolute Gasteiger partial charge is 0.231 e. The molecule has 0 spiro atoms. The average Bonchev–Trinajstić information content (AvgIpc) is 3.12. The first-order valence-electron chi connectivity index (χ1n) is 7.56. The van der Waals surface area contributed by atoms with Gasteiger partial charge in [0, 0.05) is 19.5 Å².